The quantitative estimate of drug-likeness (QED) is 0.842. The standard InChI is InChI=1S/C17H22N4O2S/c1-10(2)17-20-12(4)15(24-17)16(23)18-9-8-14(22)21-13-7-5-6-11(3)19-13/h5-7,10H,8-9H2,1-4H3,(H,18,23)(H,19,21,22). The van der Waals surface area contributed by atoms with Crippen LogP contribution < -0.4 is 10.6 Å². The van der Waals surface area contributed by atoms with Gasteiger partial charge in [0.15, 0.2) is 0 Å². The Morgan fingerprint density at radius 1 is 1.21 bits per heavy atom. The van der Waals surface area contributed by atoms with Crippen LogP contribution >= 0.6 is 11.3 Å². The molecule has 0 aliphatic carbocycles. The van der Waals surface area contributed by atoms with Crippen LogP contribution in [0.25, 0.3) is 0 Å². The molecule has 128 valence electrons. The molecule has 0 saturated carbocycles. The number of carbonyl (C=O) groups excluding carboxylic acids is 2. The van der Waals surface area contributed by atoms with Gasteiger partial charge in [0.25, 0.3) is 5.91 Å². The van der Waals surface area contributed by atoms with E-state index in [-0.39, 0.29) is 24.8 Å². The molecule has 0 fully saturated rings. The molecular weight excluding hydrogens is 324 g/mol. The maximum Gasteiger partial charge on any atom is 0.263 e. The summed E-state index contributed by atoms with van der Waals surface area (Å²) in [5.74, 6) is 0.449. The van der Waals surface area contributed by atoms with Gasteiger partial charge < -0.3 is 10.6 Å². The van der Waals surface area contributed by atoms with Crippen molar-refractivity contribution in [3.63, 3.8) is 0 Å². The molecule has 0 bridgehead atoms. The number of rotatable bonds is 6. The normalized spacial score (nSPS) is 10.7. The van der Waals surface area contributed by atoms with Crippen molar-refractivity contribution in [2.75, 3.05) is 11.9 Å². The number of amides is 2. The third-order valence-electron chi connectivity index (χ3n) is 3.31. The summed E-state index contributed by atoms with van der Waals surface area (Å²) in [6.07, 6.45) is 0.191. The van der Waals surface area contributed by atoms with Crippen LogP contribution in [0.4, 0.5) is 5.82 Å². The van der Waals surface area contributed by atoms with Crippen molar-refractivity contribution in [1.29, 1.82) is 0 Å². The topological polar surface area (TPSA) is 84.0 Å². The number of carbonyl (C=O) groups is 2. The molecule has 0 aromatic carbocycles. The van der Waals surface area contributed by atoms with Gasteiger partial charge in [0.05, 0.1) is 10.7 Å². The maximum atomic E-state index is 12.2. The summed E-state index contributed by atoms with van der Waals surface area (Å²) >= 11 is 1.41. The zero-order chi connectivity index (χ0) is 17.7. The fourth-order valence-electron chi connectivity index (χ4n) is 2.06. The lowest BCUT2D eigenvalue weighted by Crippen LogP contribution is -2.27. The molecule has 2 rings (SSSR count). The molecule has 2 aromatic heterocycles. The first kappa shape index (κ1) is 18.1. The van der Waals surface area contributed by atoms with Crippen LogP contribution in [0.15, 0.2) is 18.2 Å². The van der Waals surface area contributed by atoms with E-state index in [1.165, 1.54) is 11.3 Å². The third-order valence-corrected chi connectivity index (χ3v) is 4.76. The number of pyridine rings is 1. The highest BCUT2D eigenvalue weighted by molar-refractivity contribution is 7.13. The number of anilines is 1. The number of hydrogen-bond acceptors (Lipinski definition) is 5. The summed E-state index contributed by atoms with van der Waals surface area (Å²) in [6, 6.07) is 5.43. The van der Waals surface area contributed by atoms with E-state index >= 15 is 0 Å². The Morgan fingerprint density at radius 2 is 1.96 bits per heavy atom. The lowest BCUT2D eigenvalue weighted by Gasteiger charge is -2.06. The van der Waals surface area contributed by atoms with Gasteiger partial charge >= 0.3 is 0 Å². The molecule has 0 spiro atoms. The molecule has 2 heterocycles. The summed E-state index contributed by atoms with van der Waals surface area (Å²) < 4.78 is 0. The number of aromatic nitrogens is 2. The van der Waals surface area contributed by atoms with Crippen molar-refractivity contribution in [3.05, 3.63) is 39.5 Å². The molecular formula is C17H22N4O2S. The second kappa shape index (κ2) is 8.01. The van der Waals surface area contributed by atoms with Crippen LogP contribution in [0.5, 0.6) is 0 Å². The first-order valence-electron chi connectivity index (χ1n) is 7.86. The molecule has 6 nitrogen and oxygen atoms in total. The average molecular weight is 346 g/mol. The van der Waals surface area contributed by atoms with Gasteiger partial charge in [-0.25, -0.2) is 9.97 Å². The van der Waals surface area contributed by atoms with Gasteiger partial charge in [-0.05, 0) is 26.0 Å². The monoisotopic (exact) mass is 346 g/mol. The first-order valence-corrected chi connectivity index (χ1v) is 8.67. The predicted octanol–water partition coefficient (Wildman–Crippen LogP) is 3.04. The number of aryl methyl sites for hydroxylation is 2. The number of thiazole rings is 1. The average Bonchev–Trinajstić information content (AvgIpc) is 2.89. The zero-order valence-electron chi connectivity index (χ0n) is 14.3. The molecule has 7 heteroatoms. The minimum absolute atomic E-state index is 0.182. The molecule has 0 atom stereocenters. The smallest absolute Gasteiger partial charge is 0.263 e. The molecule has 0 radical (unpaired) electrons. The lowest BCUT2D eigenvalue weighted by molar-refractivity contribution is -0.116. The zero-order valence-corrected chi connectivity index (χ0v) is 15.2. The fraction of sp³-hybridized carbons (Fsp3) is 0.412. The van der Waals surface area contributed by atoms with Crippen molar-refractivity contribution in [2.45, 2.75) is 40.0 Å². The molecule has 24 heavy (non-hydrogen) atoms. The Labute approximate surface area is 145 Å². The number of nitrogens with zero attached hydrogens (tertiary/aromatic N) is 2. The second-order valence-corrected chi connectivity index (χ2v) is 6.87. The van der Waals surface area contributed by atoms with Gasteiger partial charge in [-0.3, -0.25) is 9.59 Å². The van der Waals surface area contributed by atoms with Gasteiger partial charge in [-0.15, -0.1) is 11.3 Å². The van der Waals surface area contributed by atoms with Crippen molar-refractivity contribution in [1.82, 2.24) is 15.3 Å². The SMILES string of the molecule is Cc1cccc(NC(=O)CCNC(=O)c2sc(C(C)C)nc2C)n1. The minimum Gasteiger partial charge on any atom is -0.351 e. The molecule has 2 amide bonds. The number of nitrogens with one attached hydrogen (secondary N) is 2. The Hall–Kier alpha value is -2.28. The maximum absolute atomic E-state index is 12.2. The Morgan fingerprint density at radius 3 is 2.58 bits per heavy atom. The van der Waals surface area contributed by atoms with Crippen LogP contribution in [0.3, 0.4) is 0 Å². The molecule has 0 unspecified atom stereocenters. The van der Waals surface area contributed by atoms with E-state index in [0.717, 1.165) is 16.4 Å². The van der Waals surface area contributed by atoms with Crippen LogP contribution in [-0.2, 0) is 4.79 Å². The predicted molar refractivity (Wildman–Crippen MR) is 95.5 cm³/mol. The third kappa shape index (κ3) is 4.86. The first-order chi connectivity index (χ1) is 11.4. The van der Waals surface area contributed by atoms with Crippen molar-refractivity contribution in [3.8, 4) is 0 Å². The largest absolute Gasteiger partial charge is 0.351 e. The second-order valence-electron chi connectivity index (χ2n) is 5.84. The van der Waals surface area contributed by atoms with Crippen LogP contribution in [-0.4, -0.2) is 28.3 Å². The summed E-state index contributed by atoms with van der Waals surface area (Å²) in [7, 11) is 0. The van der Waals surface area contributed by atoms with E-state index < -0.39 is 0 Å². The van der Waals surface area contributed by atoms with Gasteiger partial charge in [0.2, 0.25) is 5.91 Å². The minimum atomic E-state index is -0.183. The summed E-state index contributed by atoms with van der Waals surface area (Å²) in [5.41, 5.74) is 1.57. The van der Waals surface area contributed by atoms with Crippen LogP contribution in [0.2, 0.25) is 0 Å². The number of hydrogen-bond donors (Lipinski definition) is 2. The van der Waals surface area contributed by atoms with Gasteiger partial charge in [-0.2, -0.15) is 0 Å². The van der Waals surface area contributed by atoms with Crippen molar-refractivity contribution < 1.29 is 9.59 Å². The Balaban J connectivity index is 1.83. The molecule has 2 aromatic rings. The van der Waals surface area contributed by atoms with Crippen molar-refractivity contribution >= 4 is 29.0 Å². The Bertz CT molecular complexity index is 740. The highest BCUT2D eigenvalue weighted by Crippen LogP contribution is 2.24. The van der Waals surface area contributed by atoms with E-state index in [4.69, 9.17) is 0 Å². The molecule has 2 N–H and O–H groups in total. The van der Waals surface area contributed by atoms with Gasteiger partial charge in [-0.1, -0.05) is 19.9 Å². The van der Waals surface area contributed by atoms with E-state index in [1.54, 1.807) is 6.07 Å². The molecule has 0 aliphatic heterocycles. The van der Waals surface area contributed by atoms with Gasteiger partial charge in [0, 0.05) is 24.6 Å². The van der Waals surface area contributed by atoms with E-state index in [0.29, 0.717) is 16.6 Å². The lowest BCUT2D eigenvalue weighted by atomic mass is 10.2. The highest BCUT2D eigenvalue weighted by atomic mass is 32.1. The van der Waals surface area contributed by atoms with Gasteiger partial charge in [0.1, 0.15) is 10.7 Å². The summed E-state index contributed by atoms with van der Waals surface area (Å²) in [4.78, 5) is 33.3. The fourth-order valence-corrected chi connectivity index (χ4v) is 3.05. The molecule has 0 aliphatic rings. The Kier molecular flexibility index (Phi) is 6.03. The highest BCUT2D eigenvalue weighted by Gasteiger charge is 2.16. The molecule has 0 saturated heterocycles. The van der Waals surface area contributed by atoms with E-state index in [1.807, 2.05) is 39.8 Å². The van der Waals surface area contributed by atoms with E-state index in [2.05, 4.69) is 20.6 Å². The summed E-state index contributed by atoms with van der Waals surface area (Å²) in [5, 5.41) is 6.43. The van der Waals surface area contributed by atoms with Crippen molar-refractivity contribution in [2.24, 2.45) is 0 Å². The van der Waals surface area contributed by atoms with Crippen LogP contribution in [0, 0.1) is 13.8 Å². The van der Waals surface area contributed by atoms with E-state index in [9.17, 15) is 9.59 Å². The summed E-state index contributed by atoms with van der Waals surface area (Å²) in [6.45, 7) is 8.05. The van der Waals surface area contributed by atoms with Crippen LogP contribution in [0.1, 0.15) is 52.3 Å².